The molecule has 0 aliphatic carbocycles. The maximum absolute atomic E-state index is 2.64. The highest BCUT2D eigenvalue weighted by Crippen LogP contribution is 2.27. The molecule has 0 aromatic rings. The van der Waals surface area contributed by atoms with E-state index in [1.807, 2.05) is 0 Å². The van der Waals surface area contributed by atoms with Gasteiger partial charge in [-0.15, -0.1) is 0 Å². The van der Waals surface area contributed by atoms with Crippen LogP contribution in [0.4, 0.5) is 0 Å². The first kappa shape index (κ1) is 79.6. The first-order chi connectivity index (χ1) is 30.9. The summed E-state index contributed by atoms with van der Waals surface area (Å²) in [7, 11) is 0. The molecule has 0 atom stereocenters. The monoisotopic (exact) mass is 1010 g/mol. The zero-order valence-electron chi connectivity index (χ0n) is 49.2. The molecule has 0 spiro atoms. The van der Waals surface area contributed by atoms with Crippen molar-refractivity contribution in [3.8, 4) is 0 Å². The summed E-state index contributed by atoms with van der Waals surface area (Å²) in [5, 5.41) is 0. The molecule has 71 heavy (non-hydrogen) atoms. The van der Waals surface area contributed by atoms with Crippen LogP contribution in [0.25, 0.3) is 0 Å². The summed E-state index contributed by atoms with van der Waals surface area (Å²) in [6.45, 7) is 70.0. The van der Waals surface area contributed by atoms with Gasteiger partial charge in [0.2, 0.25) is 0 Å². The Hall–Kier alpha value is -0.240. The van der Waals surface area contributed by atoms with E-state index in [1.165, 1.54) is 169 Å². The third kappa shape index (κ3) is 43.5. The fourth-order valence-corrected chi connectivity index (χ4v) is 11.7. The quantitative estimate of drug-likeness (QED) is 0.120. The second-order valence-corrected chi connectivity index (χ2v) is 27.1. The molecule has 0 bridgehead atoms. The summed E-state index contributed by atoms with van der Waals surface area (Å²) in [5.41, 5.74) is 0. The lowest BCUT2D eigenvalue weighted by atomic mass is 9.88. The SMILES string of the molecule is C.C.C.C.C.CC(C)CC1CCN(CC(C)C)CC1.CC(C)CC1CCN(CC(C)C)CC1.CC(C)CC1CN(CC(C)C)C1.CC(C)CC1CN(CC(C)C)C1.CC(C)CN1CCN(CC(C)C)CC1. The Labute approximate surface area is 455 Å². The molecule has 5 heterocycles. The molecule has 5 saturated heterocycles. The van der Waals surface area contributed by atoms with Crippen molar-refractivity contribution in [1.29, 1.82) is 0 Å². The predicted octanol–water partition coefficient (Wildman–Crippen LogP) is 17.1. The lowest BCUT2D eigenvalue weighted by molar-refractivity contribution is 0.0734. The Morgan fingerprint density at radius 2 is 0.394 bits per heavy atom. The molecule has 6 nitrogen and oxygen atoms in total. The molecule has 5 aliphatic heterocycles. The van der Waals surface area contributed by atoms with Gasteiger partial charge in [-0.3, -0.25) is 0 Å². The van der Waals surface area contributed by atoms with Gasteiger partial charge in [-0.25, -0.2) is 0 Å². The fourth-order valence-electron chi connectivity index (χ4n) is 11.7. The Balaban J connectivity index is -0.000000252. The summed E-state index contributed by atoms with van der Waals surface area (Å²) in [6.07, 6.45) is 11.5. The van der Waals surface area contributed by atoms with Gasteiger partial charge in [0.1, 0.15) is 0 Å². The zero-order chi connectivity index (χ0) is 49.9. The van der Waals surface area contributed by atoms with E-state index in [0.29, 0.717) is 0 Å². The number of hydrogen-bond donors (Lipinski definition) is 0. The van der Waals surface area contributed by atoms with E-state index < -0.39 is 0 Å². The maximum Gasteiger partial charge on any atom is 0.0110 e. The van der Waals surface area contributed by atoms with Crippen molar-refractivity contribution in [3.63, 3.8) is 0 Å². The van der Waals surface area contributed by atoms with Crippen LogP contribution in [0.15, 0.2) is 0 Å². The summed E-state index contributed by atoms with van der Waals surface area (Å²) in [4.78, 5) is 15.6. The highest BCUT2D eigenvalue weighted by atomic mass is 15.3. The average molecular weight is 1010 g/mol. The molecule has 5 fully saturated rings. The number of piperazine rings is 1. The van der Waals surface area contributed by atoms with E-state index in [2.05, 4.69) is 168 Å². The van der Waals surface area contributed by atoms with Gasteiger partial charge < -0.3 is 29.4 Å². The van der Waals surface area contributed by atoms with Crippen molar-refractivity contribution < 1.29 is 0 Å². The van der Waals surface area contributed by atoms with E-state index in [1.54, 1.807) is 0 Å². The largest absolute Gasteiger partial charge is 0.303 e. The van der Waals surface area contributed by atoms with Crippen molar-refractivity contribution in [1.82, 2.24) is 29.4 Å². The van der Waals surface area contributed by atoms with Crippen LogP contribution < -0.4 is 0 Å². The summed E-state index contributed by atoms with van der Waals surface area (Å²) < 4.78 is 0. The Morgan fingerprint density at radius 3 is 0.577 bits per heavy atom. The molecule has 436 valence electrons. The molecule has 0 aromatic carbocycles. The van der Waals surface area contributed by atoms with Crippen molar-refractivity contribution in [2.45, 2.75) is 227 Å². The molecule has 5 aliphatic rings. The van der Waals surface area contributed by atoms with Crippen LogP contribution >= 0.6 is 0 Å². The maximum atomic E-state index is 2.64. The molecule has 0 unspecified atom stereocenters. The van der Waals surface area contributed by atoms with Crippen LogP contribution in [0, 0.1) is 82.9 Å². The van der Waals surface area contributed by atoms with Crippen LogP contribution in [0.1, 0.15) is 227 Å². The van der Waals surface area contributed by atoms with Gasteiger partial charge in [0.05, 0.1) is 0 Å². The number of hydrogen-bond acceptors (Lipinski definition) is 6. The summed E-state index contributed by atoms with van der Waals surface area (Å²) in [5.74, 6) is 12.5. The second kappa shape index (κ2) is 44.8. The van der Waals surface area contributed by atoms with Gasteiger partial charge in [-0.05, 0) is 160 Å². The van der Waals surface area contributed by atoms with E-state index >= 15 is 0 Å². The third-order valence-electron chi connectivity index (χ3n) is 13.9. The first-order valence-corrected chi connectivity index (χ1v) is 29.2. The number of nitrogens with zero attached hydrogens (tertiary/aromatic N) is 6. The second-order valence-electron chi connectivity index (χ2n) is 27.1. The van der Waals surface area contributed by atoms with Crippen molar-refractivity contribution >= 4 is 0 Å². The normalized spacial score (nSPS) is 19.4. The molecule has 5 rings (SSSR count). The predicted molar refractivity (Wildman–Crippen MR) is 332 cm³/mol. The van der Waals surface area contributed by atoms with E-state index in [4.69, 9.17) is 0 Å². The van der Waals surface area contributed by atoms with Gasteiger partial charge in [0, 0.05) is 91.6 Å². The minimum absolute atomic E-state index is 0. The van der Waals surface area contributed by atoms with E-state index in [9.17, 15) is 0 Å². The van der Waals surface area contributed by atoms with Crippen molar-refractivity contribution in [3.05, 3.63) is 0 Å². The van der Waals surface area contributed by atoms with Gasteiger partial charge >= 0.3 is 0 Å². The number of rotatable bonds is 20. The fraction of sp³-hybridized carbons (Fsp3) is 1.00. The van der Waals surface area contributed by atoms with Crippen LogP contribution in [0.2, 0.25) is 0 Å². The molecule has 0 amide bonds. The third-order valence-corrected chi connectivity index (χ3v) is 13.9. The van der Waals surface area contributed by atoms with E-state index in [-0.39, 0.29) is 37.1 Å². The topological polar surface area (TPSA) is 19.4 Å². The van der Waals surface area contributed by atoms with Crippen LogP contribution in [-0.4, -0.2) is 147 Å². The molecule has 0 N–H and O–H groups in total. The Bertz CT molecular complexity index is 879. The number of likely N-dealkylation sites (tertiary alicyclic amines) is 4. The molecule has 6 heteroatoms. The minimum atomic E-state index is 0. The first-order valence-electron chi connectivity index (χ1n) is 29.2. The highest BCUT2D eigenvalue weighted by molar-refractivity contribution is 4.82. The van der Waals surface area contributed by atoms with Crippen molar-refractivity contribution in [2.75, 3.05) is 118 Å². The summed E-state index contributed by atoms with van der Waals surface area (Å²) >= 11 is 0. The van der Waals surface area contributed by atoms with Crippen LogP contribution in [0.5, 0.6) is 0 Å². The van der Waals surface area contributed by atoms with Gasteiger partial charge in [0.25, 0.3) is 0 Å². The summed E-state index contributed by atoms with van der Waals surface area (Å²) in [6, 6.07) is 0. The Morgan fingerprint density at radius 1 is 0.225 bits per heavy atom. The van der Waals surface area contributed by atoms with Crippen molar-refractivity contribution in [2.24, 2.45) is 82.9 Å². The minimum Gasteiger partial charge on any atom is -0.303 e. The lowest BCUT2D eigenvalue weighted by Gasteiger charge is -2.41. The van der Waals surface area contributed by atoms with Gasteiger partial charge in [-0.1, -0.05) is 176 Å². The average Bonchev–Trinajstić information content (AvgIpc) is 3.15. The molecular formula is C65H146N6. The highest BCUT2D eigenvalue weighted by Gasteiger charge is 2.28. The van der Waals surface area contributed by atoms with Gasteiger partial charge in [0.15, 0.2) is 0 Å². The smallest absolute Gasteiger partial charge is 0.0110 e. The molecule has 0 radical (unpaired) electrons. The van der Waals surface area contributed by atoms with Gasteiger partial charge in [-0.2, -0.15) is 0 Å². The Kier molecular flexibility index (Phi) is 50.3. The molecule has 0 aromatic heterocycles. The standard InChI is InChI=1S/2C13H27N.C12H26N2.2C11H23N.5CH4/c3*1-11(2)9-13-5-7-14(8-6-13)10-12(3)4;2*1-9(2)5-11-7-12(8-11)6-10(3)4;;;;;/h2*11-13H,5-10H2,1-4H3;11-12H,5-10H2,1-4H3;2*9-11H,5-8H2,1-4H3;5*1H4. The zero-order valence-corrected chi connectivity index (χ0v) is 49.2. The lowest BCUT2D eigenvalue weighted by Crippen LogP contribution is -2.48. The molecule has 0 saturated carbocycles. The van der Waals surface area contributed by atoms with Crippen LogP contribution in [0.3, 0.4) is 0 Å². The number of piperidine rings is 2. The molecular weight excluding hydrogens is 865 g/mol. The van der Waals surface area contributed by atoms with Crippen LogP contribution in [-0.2, 0) is 0 Å². The van der Waals surface area contributed by atoms with E-state index in [0.717, 1.165) is 82.9 Å².